The molecule has 2 nitrogen and oxygen atoms in total. The van der Waals surface area contributed by atoms with E-state index in [1.807, 2.05) is 0 Å². The number of halogens is 5. The number of hydrogen-bond donors (Lipinski definition) is 0. The van der Waals surface area contributed by atoms with Crippen LogP contribution in [0.4, 0.5) is 17.6 Å². The average Bonchev–Trinajstić information content (AvgIpc) is 2.37. The Kier molecular flexibility index (Phi) is 5.02. The summed E-state index contributed by atoms with van der Waals surface area (Å²) in [5.41, 5.74) is -0.830. The van der Waals surface area contributed by atoms with Gasteiger partial charge < -0.3 is 4.74 Å². The Labute approximate surface area is 118 Å². The van der Waals surface area contributed by atoms with E-state index in [1.165, 1.54) is 12.1 Å². The maximum atomic E-state index is 12.8. The molecule has 0 saturated carbocycles. The smallest absolute Gasteiger partial charge is 0.428 e. The second-order valence-corrected chi connectivity index (χ2v) is 5.11. The molecule has 0 atom stereocenters. The van der Waals surface area contributed by atoms with Crippen LogP contribution < -0.4 is 4.74 Å². The van der Waals surface area contributed by atoms with Gasteiger partial charge in [-0.3, -0.25) is 4.79 Å². The minimum atomic E-state index is -4.61. The summed E-state index contributed by atoms with van der Waals surface area (Å²) in [5.74, 6) is -0.866. The molecule has 0 bridgehead atoms. The van der Waals surface area contributed by atoms with Crippen LogP contribution in [-0.2, 0) is 0 Å². The first-order valence-corrected chi connectivity index (χ1v) is 6.19. The van der Waals surface area contributed by atoms with Gasteiger partial charge in [-0.15, -0.1) is 11.6 Å². The maximum Gasteiger partial charge on any atom is 0.461 e. The van der Waals surface area contributed by atoms with E-state index < -0.39 is 29.5 Å². The summed E-state index contributed by atoms with van der Waals surface area (Å²) in [6, 6.07) is 4.71. The maximum absolute atomic E-state index is 12.8. The third-order valence-electron chi connectivity index (χ3n) is 2.55. The van der Waals surface area contributed by atoms with Crippen LogP contribution in [0.3, 0.4) is 0 Å². The molecule has 0 spiro atoms. The zero-order valence-corrected chi connectivity index (χ0v) is 11.6. The Morgan fingerprint density at radius 2 is 1.95 bits per heavy atom. The Hall–Kier alpha value is -1.30. The molecule has 0 aliphatic rings. The van der Waals surface area contributed by atoms with Gasteiger partial charge in [-0.05, 0) is 12.1 Å². The predicted molar refractivity (Wildman–Crippen MR) is 66.9 cm³/mol. The largest absolute Gasteiger partial charge is 0.461 e. The van der Waals surface area contributed by atoms with E-state index in [0.29, 0.717) is 0 Å². The number of ketones is 1. The number of carbonyl (C=O) groups excluding carboxylic acids is 1. The molecule has 0 saturated heterocycles. The lowest BCUT2D eigenvalue weighted by Crippen LogP contribution is -2.33. The topological polar surface area (TPSA) is 26.3 Å². The summed E-state index contributed by atoms with van der Waals surface area (Å²) in [4.78, 5) is 12.1. The number of hydrogen-bond acceptors (Lipinski definition) is 2. The molecule has 1 rings (SSSR count). The van der Waals surface area contributed by atoms with E-state index in [9.17, 15) is 22.4 Å². The first kappa shape index (κ1) is 16.8. The molecule has 0 radical (unpaired) electrons. The average molecular weight is 313 g/mol. The van der Waals surface area contributed by atoms with Crippen molar-refractivity contribution in [3.63, 3.8) is 0 Å². The zero-order chi connectivity index (χ0) is 15.6. The van der Waals surface area contributed by atoms with Gasteiger partial charge in [0, 0.05) is 16.9 Å². The fourth-order valence-electron chi connectivity index (χ4n) is 1.35. The number of benzene rings is 1. The Morgan fingerprint density at radius 3 is 2.45 bits per heavy atom. The zero-order valence-electron chi connectivity index (χ0n) is 10.8. The van der Waals surface area contributed by atoms with Crippen LogP contribution in [0.2, 0.25) is 0 Å². The van der Waals surface area contributed by atoms with E-state index >= 15 is 0 Å². The van der Waals surface area contributed by atoms with E-state index in [-0.39, 0.29) is 11.4 Å². The molecule has 0 unspecified atom stereocenters. The van der Waals surface area contributed by atoms with Crippen molar-refractivity contribution < 1.29 is 27.1 Å². The highest BCUT2D eigenvalue weighted by atomic mass is 35.5. The van der Waals surface area contributed by atoms with Gasteiger partial charge in [-0.25, -0.2) is 0 Å². The highest BCUT2D eigenvalue weighted by Gasteiger charge is 2.44. The van der Waals surface area contributed by atoms with Gasteiger partial charge in [0.25, 0.3) is 0 Å². The molecule has 20 heavy (non-hydrogen) atoms. The van der Waals surface area contributed by atoms with E-state index in [2.05, 4.69) is 4.74 Å². The third kappa shape index (κ3) is 3.85. The van der Waals surface area contributed by atoms with Crippen molar-refractivity contribution in [2.75, 3.05) is 5.88 Å². The fraction of sp³-hybridized carbons (Fsp3) is 0.462. The van der Waals surface area contributed by atoms with Gasteiger partial charge in [0.1, 0.15) is 5.75 Å². The summed E-state index contributed by atoms with van der Waals surface area (Å²) < 4.78 is 53.6. The third-order valence-corrected chi connectivity index (χ3v) is 3.22. The van der Waals surface area contributed by atoms with Crippen LogP contribution in [0.1, 0.15) is 24.2 Å². The Morgan fingerprint density at radius 1 is 1.35 bits per heavy atom. The molecule has 0 fully saturated rings. The molecule has 7 heteroatoms. The lowest BCUT2D eigenvalue weighted by atomic mass is 9.86. The second-order valence-electron chi connectivity index (χ2n) is 4.84. The Bertz CT molecular complexity index is 489. The van der Waals surface area contributed by atoms with Gasteiger partial charge in [0.05, 0.1) is 0 Å². The number of rotatable bonds is 6. The highest BCUT2D eigenvalue weighted by molar-refractivity contribution is 6.21. The molecular weight excluding hydrogens is 300 g/mol. The lowest BCUT2D eigenvalue weighted by Gasteiger charge is -2.21. The molecule has 0 aliphatic carbocycles. The van der Waals surface area contributed by atoms with E-state index in [1.54, 1.807) is 13.8 Å². The number of ether oxygens (including phenoxy) is 1. The van der Waals surface area contributed by atoms with Crippen molar-refractivity contribution in [2.24, 2.45) is 5.41 Å². The minimum absolute atomic E-state index is 0.0319. The van der Waals surface area contributed by atoms with Crippen LogP contribution in [-0.4, -0.2) is 24.2 Å². The summed E-state index contributed by atoms with van der Waals surface area (Å²) in [6.07, 6.45) is -8.56. The molecule has 0 heterocycles. The molecule has 1 aromatic carbocycles. The second kappa shape index (κ2) is 5.99. The van der Waals surface area contributed by atoms with Crippen molar-refractivity contribution in [3.8, 4) is 5.75 Å². The minimum Gasteiger partial charge on any atom is -0.428 e. The van der Waals surface area contributed by atoms with Crippen molar-refractivity contribution >= 4 is 17.4 Å². The summed E-state index contributed by atoms with van der Waals surface area (Å²) in [6.45, 7) is 3.17. The fourth-order valence-corrected chi connectivity index (χ4v) is 1.48. The monoisotopic (exact) mass is 312 g/mol. The molecule has 0 N–H and O–H groups in total. The lowest BCUT2D eigenvalue weighted by molar-refractivity contribution is -0.253. The SMILES string of the molecule is CC(C)(CCl)C(=O)c1cccc(OC(F)(F)C(F)F)c1. The quantitative estimate of drug-likeness (QED) is 0.443. The number of alkyl halides is 5. The van der Waals surface area contributed by atoms with E-state index in [4.69, 9.17) is 11.6 Å². The Balaban J connectivity index is 3.00. The van der Waals surface area contributed by atoms with Crippen LogP contribution >= 0.6 is 11.6 Å². The first-order chi connectivity index (χ1) is 9.10. The van der Waals surface area contributed by atoms with Crippen molar-refractivity contribution in [1.29, 1.82) is 0 Å². The highest BCUT2D eigenvalue weighted by Crippen LogP contribution is 2.30. The predicted octanol–water partition coefficient (Wildman–Crippen LogP) is 4.37. The van der Waals surface area contributed by atoms with Crippen molar-refractivity contribution in [1.82, 2.24) is 0 Å². The number of carbonyl (C=O) groups is 1. The molecule has 0 aliphatic heterocycles. The number of Topliss-reactive ketones (excluding diaryl/α,β-unsaturated/α-hetero) is 1. The van der Waals surface area contributed by atoms with Crippen LogP contribution in [0, 0.1) is 5.41 Å². The molecule has 1 aromatic rings. The van der Waals surface area contributed by atoms with Gasteiger partial charge in [0.2, 0.25) is 0 Å². The van der Waals surface area contributed by atoms with Gasteiger partial charge in [-0.1, -0.05) is 26.0 Å². The molecule has 112 valence electrons. The van der Waals surface area contributed by atoms with Gasteiger partial charge in [0.15, 0.2) is 5.78 Å². The van der Waals surface area contributed by atoms with Crippen LogP contribution in [0.15, 0.2) is 24.3 Å². The summed E-state index contributed by atoms with van der Waals surface area (Å²) in [7, 11) is 0. The van der Waals surface area contributed by atoms with Crippen molar-refractivity contribution in [3.05, 3.63) is 29.8 Å². The van der Waals surface area contributed by atoms with Gasteiger partial charge >= 0.3 is 12.5 Å². The summed E-state index contributed by atoms with van der Waals surface area (Å²) >= 11 is 5.65. The first-order valence-electron chi connectivity index (χ1n) is 5.66. The normalized spacial score (nSPS) is 12.6. The van der Waals surface area contributed by atoms with Crippen molar-refractivity contribution in [2.45, 2.75) is 26.4 Å². The molecule has 0 aromatic heterocycles. The van der Waals surface area contributed by atoms with Crippen LogP contribution in [0.25, 0.3) is 0 Å². The summed E-state index contributed by atoms with van der Waals surface area (Å²) in [5, 5.41) is 0. The van der Waals surface area contributed by atoms with Gasteiger partial charge in [-0.2, -0.15) is 17.6 Å². The van der Waals surface area contributed by atoms with E-state index in [0.717, 1.165) is 12.1 Å². The molecule has 0 amide bonds. The van der Waals surface area contributed by atoms with Crippen LogP contribution in [0.5, 0.6) is 5.75 Å². The standard InChI is InChI=1S/C13H13ClF4O2/c1-12(2,7-14)10(19)8-4-3-5-9(6-8)20-13(17,18)11(15)16/h3-6,11H,7H2,1-2H3. The molecular formula is C13H13ClF4O2.